The first kappa shape index (κ1) is 17.3. The fraction of sp³-hybridized carbons (Fsp3) is 0.500. The second kappa shape index (κ2) is 7.50. The van der Waals surface area contributed by atoms with E-state index in [9.17, 15) is 0 Å². The van der Waals surface area contributed by atoms with Gasteiger partial charge in [0.1, 0.15) is 22.5 Å². The van der Waals surface area contributed by atoms with Crippen LogP contribution in [0.15, 0.2) is 10.9 Å². The summed E-state index contributed by atoms with van der Waals surface area (Å²) < 4.78 is 8.10. The molecule has 0 radical (unpaired) electrons. The highest BCUT2D eigenvalue weighted by Crippen LogP contribution is 2.31. The highest BCUT2D eigenvalue weighted by Gasteiger charge is 2.15. The molecule has 2 aromatic rings. The Kier molecular flexibility index (Phi) is 5.92. The van der Waals surface area contributed by atoms with Crippen molar-refractivity contribution in [3.8, 4) is 22.5 Å². The van der Waals surface area contributed by atoms with E-state index in [0.29, 0.717) is 12.6 Å². The minimum atomic E-state index is -1.05. The van der Waals surface area contributed by atoms with Gasteiger partial charge in [0.2, 0.25) is 0 Å². The van der Waals surface area contributed by atoms with Crippen molar-refractivity contribution in [1.29, 1.82) is 0 Å². The standard InChI is InChI=1S/C14H19BrN4OSSi/c1-5-6-11-17-13(15)12(21-11)14-16-9-19(18-14)10-20-7-8-22(2,3)4/h9H,7-8,10H2,1-4H3. The highest BCUT2D eigenvalue weighted by molar-refractivity contribution is 9.10. The molecule has 2 heterocycles. The van der Waals surface area contributed by atoms with Crippen LogP contribution in [0.1, 0.15) is 11.9 Å². The first-order valence-corrected chi connectivity index (χ1v) is 12.3. The predicted octanol–water partition coefficient (Wildman–Crippen LogP) is 3.85. The topological polar surface area (TPSA) is 52.8 Å². The van der Waals surface area contributed by atoms with E-state index >= 15 is 0 Å². The minimum absolute atomic E-state index is 0.426. The number of halogens is 1. The van der Waals surface area contributed by atoms with E-state index in [2.05, 4.69) is 62.5 Å². The van der Waals surface area contributed by atoms with Crippen molar-refractivity contribution >= 4 is 35.3 Å². The number of hydrogen-bond acceptors (Lipinski definition) is 5. The molecule has 8 heteroatoms. The average molecular weight is 399 g/mol. The van der Waals surface area contributed by atoms with Gasteiger partial charge in [-0.3, -0.25) is 0 Å². The normalized spacial score (nSPS) is 11.3. The Bertz CT molecular complexity index is 696. The summed E-state index contributed by atoms with van der Waals surface area (Å²) in [5, 5.41) is 5.19. The van der Waals surface area contributed by atoms with Crippen LogP contribution in [0, 0.1) is 11.8 Å². The number of hydrogen-bond donors (Lipinski definition) is 0. The van der Waals surface area contributed by atoms with E-state index < -0.39 is 8.07 Å². The first-order chi connectivity index (χ1) is 10.4. The summed E-state index contributed by atoms with van der Waals surface area (Å²) in [5.41, 5.74) is 0. The van der Waals surface area contributed by atoms with Gasteiger partial charge in [0, 0.05) is 14.7 Å². The maximum atomic E-state index is 5.67. The van der Waals surface area contributed by atoms with Crippen molar-refractivity contribution in [3.63, 3.8) is 0 Å². The molecule has 0 aliphatic carbocycles. The van der Waals surface area contributed by atoms with Gasteiger partial charge in [-0.1, -0.05) is 25.6 Å². The molecule has 22 heavy (non-hydrogen) atoms. The lowest BCUT2D eigenvalue weighted by molar-refractivity contribution is 0.0785. The summed E-state index contributed by atoms with van der Waals surface area (Å²) >= 11 is 4.91. The Morgan fingerprint density at radius 1 is 1.41 bits per heavy atom. The largest absolute Gasteiger partial charge is 0.359 e. The molecule has 0 bridgehead atoms. The van der Waals surface area contributed by atoms with Crippen LogP contribution < -0.4 is 0 Å². The molecular formula is C14H19BrN4OSSi. The van der Waals surface area contributed by atoms with Crippen LogP contribution in [0.4, 0.5) is 0 Å². The van der Waals surface area contributed by atoms with Gasteiger partial charge in [-0.2, -0.15) is 0 Å². The number of thiazole rings is 1. The lowest BCUT2D eigenvalue weighted by Gasteiger charge is -2.15. The third-order valence-corrected chi connectivity index (χ3v) is 6.28. The quantitative estimate of drug-likeness (QED) is 0.421. The van der Waals surface area contributed by atoms with Crippen LogP contribution in [-0.2, 0) is 11.5 Å². The number of nitrogens with zero attached hydrogens (tertiary/aromatic N) is 4. The molecule has 0 amide bonds. The second-order valence-electron chi connectivity index (χ2n) is 5.97. The summed E-state index contributed by atoms with van der Waals surface area (Å²) in [5.74, 6) is 6.43. The van der Waals surface area contributed by atoms with E-state index in [4.69, 9.17) is 4.74 Å². The van der Waals surface area contributed by atoms with Crippen LogP contribution in [0.3, 0.4) is 0 Å². The summed E-state index contributed by atoms with van der Waals surface area (Å²) in [6.07, 6.45) is 1.68. The Labute approximate surface area is 144 Å². The van der Waals surface area contributed by atoms with Gasteiger partial charge in [0.05, 0.1) is 0 Å². The molecular weight excluding hydrogens is 380 g/mol. The second-order valence-corrected chi connectivity index (χ2v) is 13.3. The van der Waals surface area contributed by atoms with Crippen molar-refractivity contribution in [1.82, 2.24) is 19.7 Å². The summed E-state index contributed by atoms with van der Waals surface area (Å²) in [6.45, 7) is 9.99. The lowest BCUT2D eigenvalue weighted by Crippen LogP contribution is -2.22. The maximum absolute atomic E-state index is 5.67. The smallest absolute Gasteiger partial charge is 0.194 e. The molecule has 0 fully saturated rings. The lowest BCUT2D eigenvalue weighted by atomic mass is 10.5. The molecule has 0 atom stereocenters. The highest BCUT2D eigenvalue weighted by atomic mass is 79.9. The summed E-state index contributed by atoms with van der Waals surface area (Å²) in [6, 6.07) is 1.15. The third-order valence-electron chi connectivity index (χ3n) is 2.78. The molecule has 0 aromatic carbocycles. The van der Waals surface area contributed by atoms with Crippen molar-refractivity contribution in [3.05, 3.63) is 15.9 Å². The number of rotatable bonds is 6. The molecule has 0 saturated heterocycles. The summed E-state index contributed by atoms with van der Waals surface area (Å²) in [7, 11) is -1.05. The van der Waals surface area contributed by atoms with Crippen molar-refractivity contribution in [2.75, 3.05) is 6.61 Å². The van der Waals surface area contributed by atoms with Crippen LogP contribution in [0.25, 0.3) is 10.7 Å². The van der Waals surface area contributed by atoms with Gasteiger partial charge in [-0.25, -0.2) is 14.6 Å². The Hall–Kier alpha value is -1.01. The molecule has 0 aliphatic heterocycles. The Morgan fingerprint density at radius 3 is 2.86 bits per heavy atom. The van der Waals surface area contributed by atoms with Gasteiger partial charge in [-0.15, -0.1) is 16.4 Å². The molecule has 2 aromatic heterocycles. The first-order valence-electron chi connectivity index (χ1n) is 6.96. The molecule has 2 rings (SSSR count). The molecule has 118 valence electrons. The molecule has 0 saturated carbocycles. The van der Waals surface area contributed by atoms with E-state index in [1.807, 2.05) is 0 Å². The van der Waals surface area contributed by atoms with Crippen LogP contribution in [0.5, 0.6) is 0 Å². The van der Waals surface area contributed by atoms with Gasteiger partial charge in [0.25, 0.3) is 0 Å². The van der Waals surface area contributed by atoms with Crippen LogP contribution >= 0.6 is 27.3 Å². The van der Waals surface area contributed by atoms with E-state index in [1.54, 1.807) is 17.9 Å². The zero-order valence-electron chi connectivity index (χ0n) is 13.2. The van der Waals surface area contributed by atoms with Crippen molar-refractivity contribution < 1.29 is 4.74 Å². The molecule has 0 aliphatic rings. The van der Waals surface area contributed by atoms with Gasteiger partial charge >= 0.3 is 0 Å². The van der Waals surface area contributed by atoms with E-state index in [0.717, 1.165) is 27.1 Å². The minimum Gasteiger partial charge on any atom is -0.359 e. The molecule has 0 unspecified atom stereocenters. The zero-order valence-corrected chi connectivity index (χ0v) is 16.6. The molecule has 5 nitrogen and oxygen atoms in total. The van der Waals surface area contributed by atoms with Crippen LogP contribution in [-0.4, -0.2) is 34.4 Å². The van der Waals surface area contributed by atoms with Crippen molar-refractivity contribution in [2.24, 2.45) is 0 Å². The van der Waals surface area contributed by atoms with Crippen LogP contribution in [0.2, 0.25) is 25.7 Å². The van der Waals surface area contributed by atoms with E-state index in [-0.39, 0.29) is 0 Å². The Balaban J connectivity index is 1.97. The molecule has 0 spiro atoms. The number of ether oxygens (including phenoxy) is 1. The third kappa shape index (κ3) is 5.02. The monoisotopic (exact) mass is 398 g/mol. The fourth-order valence-corrected chi connectivity index (χ4v) is 3.87. The fourth-order valence-electron chi connectivity index (χ4n) is 1.60. The molecule has 0 N–H and O–H groups in total. The van der Waals surface area contributed by atoms with Gasteiger partial charge in [0.15, 0.2) is 10.8 Å². The Morgan fingerprint density at radius 2 is 2.18 bits per heavy atom. The van der Waals surface area contributed by atoms with Crippen molar-refractivity contribution in [2.45, 2.75) is 39.3 Å². The summed E-state index contributed by atoms with van der Waals surface area (Å²) in [4.78, 5) is 9.54. The number of aromatic nitrogens is 4. The predicted molar refractivity (Wildman–Crippen MR) is 95.5 cm³/mol. The zero-order chi connectivity index (χ0) is 16.2. The van der Waals surface area contributed by atoms with E-state index in [1.165, 1.54) is 11.3 Å². The average Bonchev–Trinajstić information content (AvgIpc) is 3.01. The van der Waals surface area contributed by atoms with Gasteiger partial charge in [-0.05, 0) is 34.8 Å². The SMILES string of the molecule is CC#Cc1nc(Br)c(-c2ncn(COCC[Si](C)(C)C)n2)s1. The maximum Gasteiger partial charge on any atom is 0.194 e. The van der Waals surface area contributed by atoms with Gasteiger partial charge < -0.3 is 4.74 Å².